The molecule has 0 radical (unpaired) electrons. The summed E-state index contributed by atoms with van der Waals surface area (Å²) in [5.41, 5.74) is 1.13. The zero-order valence-electron chi connectivity index (χ0n) is 20.5. The van der Waals surface area contributed by atoms with Gasteiger partial charge in [0.05, 0.1) is 44.7 Å². The first-order valence-electron chi connectivity index (χ1n) is 11.7. The lowest BCUT2D eigenvalue weighted by Crippen LogP contribution is -2.51. The third kappa shape index (κ3) is 6.99. The summed E-state index contributed by atoms with van der Waals surface area (Å²) in [4.78, 5) is 25.1. The number of carbonyl (C=O) groups excluding carboxylic acids is 2. The molecule has 37 heavy (non-hydrogen) atoms. The van der Waals surface area contributed by atoms with Gasteiger partial charge in [0.15, 0.2) is 17.8 Å². The van der Waals surface area contributed by atoms with Crippen molar-refractivity contribution in [3.63, 3.8) is 0 Å². The van der Waals surface area contributed by atoms with Gasteiger partial charge in [0.1, 0.15) is 12.2 Å². The molecule has 0 aliphatic carbocycles. The van der Waals surface area contributed by atoms with Crippen LogP contribution in [-0.4, -0.2) is 88.7 Å². The Kier molecular flexibility index (Phi) is 9.89. The quantitative estimate of drug-likeness (QED) is 0.171. The van der Waals surface area contributed by atoms with E-state index in [4.69, 9.17) is 23.7 Å². The molecule has 5 N–H and O–H groups in total. The van der Waals surface area contributed by atoms with E-state index in [9.17, 15) is 35.1 Å². The smallest absolute Gasteiger partial charge is 0.337 e. The van der Waals surface area contributed by atoms with Gasteiger partial charge in [0.25, 0.3) is 0 Å². The second kappa shape index (κ2) is 12.9. The van der Waals surface area contributed by atoms with Crippen LogP contribution in [0.4, 0.5) is 0 Å². The second-order valence-electron chi connectivity index (χ2n) is 8.59. The molecule has 2 heterocycles. The molecule has 204 valence electrons. The van der Waals surface area contributed by atoms with Crippen LogP contribution in [0.15, 0.2) is 41.7 Å². The number of benzene rings is 1. The predicted molar refractivity (Wildman–Crippen MR) is 125 cm³/mol. The van der Waals surface area contributed by atoms with Gasteiger partial charge in [0.2, 0.25) is 6.29 Å². The fraction of sp³-hybridized carbons (Fsp3) is 0.520. The molecule has 12 nitrogen and oxygen atoms in total. The SMILES string of the molecule is C/C=C1/C(OC2CC(O)[C@@H](O)C(CO)O2)OC=C(C(=O)OC)[C@H]1CC(=O)OCCc1ccc(O)c(O)c1. The highest BCUT2D eigenvalue weighted by atomic mass is 16.8. The number of esters is 2. The number of phenolic OH excluding ortho intramolecular Hbond substituents is 2. The number of aliphatic hydroxyl groups is 3. The van der Waals surface area contributed by atoms with E-state index in [0.29, 0.717) is 11.1 Å². The summed E-state index contributed by atoms with van der Waals surface area (Å²) in [5.74, 6) is -2.67. The van der Waals surface area contributed by atoms with E-state index in [0.717, 1.165) is 6.26 Å². The number of hydrogen-bond donors (Lipinski definition) is 5. The lowest BCUT2D eigenvalue weighted by atomic mass is 9.86. The van der Waals surface area contributed by atoms with Crippen molar-refractivity contribution in [2.24, 2.45) is 5.92 Å². The largest absolute Gasteiger partial charge is 0.504 e. The van der Waals surface area contributed by atoms with Crippen LogP contribution in [0.25, 0.3) is 0 Å². The molecular weight excluding hydrogens is 492 g/mol. The van der Waals surface area contributed by atoms with Crippen LogP contribution in [0, 0.1) is 5.92 Å². The summed E-state index contributed by atoms with van der Waals surface area (Å²) < 4.78 is 27.1. The second-order valence-corrected chi connectivity index (χ2v) is 8.59. The van der Waals surface area contributed by atoms with Gasteiger partial charge in [0, 0.05) is 24.3 Å². The van der Waals surface area contributed by atoms with Gasteiger partial charge >= 0.3 is 11.9 Å². The van der Waals surface area contributed by atoms with Gasteiger partial charge in [-0.05, 0) is 24.6 Å². The van der Waals surface area contributed by atoms with E-state index in [1.807, 2.05) is 0 Å². The van der Waals surface area contributed by atoms with Crippen molar-refractivity contribution in [3.05, 3.63) is 47.2 Å². The number of aliphatic hydroxyl groups excluding tert-OH is 3. The van der Waals surface area contributed by atoms with E-state index in [1.54, 1.807) is 19.1 Å². The maximum atomic E-state index is 12.7. The van der Waals surface area contributed by atoms with Crippen LogP contribution in [0.3, 0.4) is 0 Å². The Morgan fingerprint density at radius 1 is 1.19 bits per heavy atom. The van der Waals surface area contributed by atoms with E-state index in [2.05, 4.69) is 0 Å². The Morgan fingerprint density at radius 3 is 2.59 bits per heavy atom. The summed E-state index contributed by atoms with van der Waals surface area (Å²) in [7, 11) is 1.20. The third-order valence-electron chi connectivity index (χ3n) is 6.18. The minimum absolute atomic E-state index is 0.00663. The van der Waals surface area contributed by atoms with Crippen LogP contribution in [0.1, 0.15) is 25.3 Å². The average molecular weight is 525 g/mol. The van der Waals surface area contributed by atoms with Crippen LogP contribution in [-0.2, 0) is 39.7 Å². The third-order valence-corrected chi connectivity index (χ3v) is 6.18. The number of hydrogen-bond acceptors (Lipinski definition) is 12. The van der Waals surface area contributed by atoms with Crippen LogP contribution in [0.5, 0.6) is 11.5 Å². The Morgan fingerprint density at radius 2 is 1.95 bits per heavy atom. The zero-order chi connectivity index (χ0) is 27.1. The summed E-state index contributed by atoms with van der Waals surface area (Å²) in [5, 5.41) is 48.4. The van der Waals surface area contributed by atoms with E-state index >= 15 is 0 Å². The van der Waals surface area contributed by atoms with Crippen LogP contribution >= 0.6 is 0 Å². The molecule has 2 aliphatic heterocycles. The summed E-state index contributed by atoms with van der Waals surface area (Å²) in [6.45, 7) is 1.12. The Balaban J connectivity index is 1.68. The summed E-state index contributed by atoms with van der Waals surface area (Å²) in [6, 6.07) is 4.28. The molecule has 1 saturated heterocycles. The molecule has 0 aromatic heterocycles. The average Bonchev–Trinajstić information content (AvgIpc) is 2.88. The van der Waals surface area contributed by atoms with Gasteiger partial charge in [-0.3, -0.25) is 4.79 Å². The van der Waals surface area contributed by atoms with Crippen molar-refractivity contribution in [2.75, 3.05) is 20.3 Å². The molecule has 2 aliphatic rings. The molecule has 1 fully saturated rings. The van der Waals surface area contributed by atoms with Crippen molar-refractivity contribution in [3.8, 4) is 11.5 Å². The molecule has 0 spiro atoms. The first-order valence-corrected chi connectivity index (χ1v) is 11.7. The minimum Gasteiger partial charge on any atom is -0.504 e. The highest BCUT2D eigenvalue weighted by molar-refractivity contribution is 5.90. The first kappa shape index (κ1) is 28.4. The molecule has 1 aromatic carbocycles. The van der Waals surface area contributed by atoms with Crippen molar-refractivity contribution >= 4 is 11.9 Å². The number of rotatable bonds is 9. The lowest BCUT2D eigenvalue weighted by Gasteiger charge is -2.39. The topological polar surface area (TPSA) is 181 Å². The van der Waals surface area contributed by atoms with Crippen molar-refractivity contribution in [2.45, 2.75) is 57.1 Å². The molecule has 0 amide bonds. The highest BCUT2D eigenvalue weighted by Gasteiger charge is 2.42. The fourth-order valence-electron chi connectivity index (χ4n) is 4.15. The Labute approximate surface area is 213 Å². The van der Waals surface area contributed by atoms with E-state index in [1.165, 1.54) is 19.2 Å². The molecule has 0 bridgehead atoms. The normalized spacial score (nSPS) is 28.8. The van der Waals surface area contributed by atoms with Crippen LogP contribution in [0.2, 0.25) is 0 Å². The maximum absolute atomic E-state index is 12.7. The standard InChI is InChI=1S/C25H32O12/c1-3-14-15(9-21(30)34-7-6-13-4-5-17(27)18(28)8-13)16(24(32)33-2)12-35-25(14)37-22-10-19(29)23(31)20(11-26)36-22/h3-5,8,12,15,19-20,22-23,25-29,31H,6-7,9-11H2,1-2H3/b14-3+/t15-,19?,20?,22?,23+,25?/m0/s1. The van der Waals surface area contributed by atoms with E-state index in [-0.39, 0.29) is 42.9 Å². The molecule has 6 atom stereocenters. The van der Waals surface area contributed by atoms with Gasteiger partial charge < -0.3 is 49.2 Å². The van der Waals surface area contributed by atoms with Crippen molar-refractivity contribution in [1.29, 1.82) is 0 Å². The molecular formula is C25H32O12. The highest BCUT2D eigenvalue weighted by Crippen LogP contribution is 2.36. The number of methoxy groups -OCH3 is 1. The molecule has 1 aromatic rings. The van der Waals surface area contributed by atoms with Crippen molar-refractivity contribution < 1.29 is 58.8 Å². The Bertz CT molecular complexity index is 1020. The maximum Gasteiger partial charge on any atom is 0.337 e. The monoisotopic (exact) mass is 524 g/mol. The number of carbonyl (C=O) groups is 2. The fourth-order valence-corrected chi connectivity index (χ4v) is 4.15. The number of ether oxygens (including phenoxy) is 5. The van der Waals surface area contributed by atoms with Gasteiger partial charge in [-0.25, -0.2) is 4.79 Å². The first-order chi connectivity index (χ1) is 17.7. The molecule has 0 saturated carbocycles. The molecule has 4 unspecified atom stereocenters. The molecule has 3 rings (SSSR count). The lowest BCUT2D eigenvalue weighted by molar-refractivity contribution is -0.291. The van der Waals surface area contributed by atoms with Crippen molar-refractivity contribution in [1.82, 2.24) is 0 Å². The summed E-state index contributed by atoms with van der Waals surface area (Å²) >= 11 is 0. The van der Waals surface area contributed by atoms with Gasteiger partial charge in [-0.15, -0.1) is 0 Å². The van der Waals surface area contributed by atoms with E-state index < -0.39 is 55.4 Å². The minimum atomic E-state index is -1.28. The molecule has 12 heteroatoms. The zero-order valence-corrected chi connectivity index (χ0v) is 20.5. The van der Waals surface area contributed by atoms with Crippen LogP contribution < -0.4 is 0 Å². The number of allylic oxidation sites excluding steroid dienone is 1. The number of aromatic hydroxyl groups is 2. The van der Waals surface area contributed by atoms with Gasteiger partial charge in [-0.2, -0.15) is 0 Å². The number of phenols is 2. The van der Waals surface area contributed by atoms with Gasteiger partial charge in [-0.1, -0.05) is 12.1 Å². The summed E-state index contributed by atoms with van der Waals surface area (Å²) in [6.07, 6.45) is -2.97. The predicted octanol–water partition coefficient (Wildman–Crippen LogP) is 0.395. The Hall–Kier alpha value is -3.16.